The highest BCUT2D eigenvalue weighted by molar-refractivity contribution is 7.98. The van der Waals surface area contributed by atoms with Crippen molar-refractivity contribution in [3.8, 4) is 0 Å². The Bertz CT molecular complexity index is 861. The van der Waals surface area contributed by atoms with Crippen molar-refractivity contribution in [3.63, 3.8) is 0 Å². The van der Waals surface area contributed by atoms with Crippen molar-refractivity contribution in [1.82, 2.24) is 15.8 Å². The van der Waals surface area contributed by atoms with Gasteiger partial charge in [0, 0.05) is 22.8 Å². The van der Waals surface area contributed by atoms with Gasteiger partial charge in [-0.3, -0.25) is 9.59 Å². The van der Waals surface area contributed by atoms with Crippen LogP contribution in [0.2, 0.25) is 0 Å². The van der Waals surface area contributed by atoms with Crippen molar-refractivity contribution >= 4 is 29.5 Å². The SMILES string of the molecule is CCNC(=O)[C@H](C)NC(=O)COC(=O)c1ccccc1SCc1c(C)noc1C. The Morgan fingerprint density at radius 2 is 1.97 bits per heavy atom. The Balaban J connectivity index is 1.94. The van der Waals surface area contributed by atoms with Gasteiger partial charge in [0.1, 0.15) is 11.8 Å². The topological polar surface area (TPSA) is 111 Å². The lowest BCUT2D eigenvalue weighted by molar-refractivity contribution is -0.130. The van der Waals surface area contributed by atoms with E-state index in [0.29, 0.717) is 17.9 Å². The number of amides is 2. The van der Waals surface area contributed by atoms with Crippen LogP contribution >= 0.6 is 11.8 Å². The van der Waals surface area contributed by atoms with Gasteiger partial charge in [0.05, 0.1) is 11.3 Å². The van der Waals surface area contributed by atoms with E-state index in [2.05, 4.69) is 15.8 Å². The molecule has 0 spiro atoms. The number of rotatable bonds is 9. The Labute approximate surface area is 173 Å². The number of carbonyl (C=O) groups excluding carboxylic acids is 3. The number of likely N-dealkylation sites (N-methyl/N-ethyl adjacent to an activating group) is 1. The monoisotopic (exact) mass is 419 g/mol. The highest BCUT2D eigenvalue weighted by atomic mass is 32.2. The second-order valence-electron chi connectivity index (χ2n) is 6.35. The minimum atomic E-state index is -0.709. The number of ether oxygens (including phenoxy) is 1. The smallest absolute Gasteiger partial charge is 0.339 e. The molecule has 2 aromatic rings. The van der Waals surface area contributed by atoms with Crippen molar-refractivity contribution in [1.29, 1.82) is 0 Å². The molecule has 0 saturated carbocycles. The molecule has 1 atom stereocenters. The highest BCUT2D eigenvalue weighted by Crippen LogP contribution is 2.29. The molecule has 1 aromatic carbocycles. The summed E-state index contributed by atoms with van der Waals surface area (Å²) in [6, 6.07) is 6.31. The van der Waals surface area contributed by atoms with Gasteiger partial charge in [-0.1, -0.05) is 17.3 Å². The molecule has 8 nitrogen and oxygen atoms in total. The Hall–Kier alpha value is -2.81. The van der Waals surface area contributed by atoms with E-state index >= 15 is 0 Å². The zero-order chi connectivity index (χ0) is 21.4. The second-order valence-corrected chi connectivity index (χ2v) is 7.36. The lowest BCUT2D eigenvalue weighted by Gasteiger charge is -2.14. The number of aryl methyl sites for hydroxylation is 2. The third-order valence-corrected chi connectivity index (χ3v) is 5.22. The number of aromatic nitrogens is 1. The Kier molecular flexibility index (Phi) is 8.26. The van der Waals surface area contributed by atoms with E-state index in [0.717, 1.165) is 21.9 Å². The molecule has 2 N–H and O–H groups in total. The van der Waals surface area contributed by atoms with E-state index in [-0.39, 0.29) is 5.91 Å². The normalized spacial score (nSPS) is 11.6. The molecule has 0 fully saturated rings. The van der Waals surface area contributed by atoms with Crippen LogP contribution < -0.4 is 10.6 Å². The van der Waals surface area contributed by atoms with Crippen LogP contribution in [0.3, 0.4) is 0 Å². The minimum Gasteiger partial charge on any atom is -0.452 e. The molecule has 0 aliphatic carbocycles. The molecule has 0 aliphatic heterocycles. The predicted molar refractivity (Wildman–Crippen MR) is 109 cm³/mol. The number of hydrogen-bond donors (Lipinski definition) is 2. The van der Waals surface area contributed by atoms with Gasteiger partial charge in [-0.15, -0.1) is 11.8 Å². The highest BCUT2D eigenvalue weighted by Gasteiger charge is 2.18. The van der Waals surface area contributed by atoms with Gasteiger partial charge in [0.25, 0.3) is 5.91 Å². The van der Waals surface area contributed by atoms with Crippen molar-refractivity contribution < 1.29 is 23.6 Å². The summed E-state index contributed by atoms with van der Waals surface area (Å²) in [6.07, 6.45) is 0. The van der Waals surface area contributed by atoms with Gasteiger partial charge in [0.15, 0.2) is 6.61 Å². The quantitative estimate of drug-likeness (QED) is 0.474. The summed E-state index contributed by atoms with van der Waals surface area (Å²) in [6.45, 7) is 7.06. The summed E-state index contributed by atoms with van der Waals surface area (Å²) in [5.74, 6) is -0.109. The van der Waals surface area contributed by atoms with Gasteiger partial charge < -0.3 is 19.9 Å². The zero-order valence-electron chi connectivity index (χ0n) is 16.9. The molecule has 29 heavy (non-hydrogen) atoms. The fraction of sp³-hybridized carbons (Fsp3) is 0.400. The van der Waals surface area contributed by atoms with E-state index in [9.17, 15) is 14.4 Å². The van der Waals surface area contributed by atoms with E-state index in [4.69, 9.17) is 9.26 Å². The Morgan fingerprint density at radius 1 is 1.24 bits per heavy atom. The van der Waals surface area contributed by atoms with Crippen LogP contribution in [0, 0.1) is 13.8 Å². The average molecular weight is 420 g/mol. The Morgan fingerprint density at radius 3 is 2.62 bits per heavy atom. The van der Waals surface area contributed by atoms with Gasteiger partial charge in [-0.2, -0.15) is 0 Å². The molecule has 1 heterocycles. The molecule has 0 unspecified atom stereocenters. The van der Waals surface area contributed by atoms with E-state index in [1.165, 1.54) is 11.8 Å². The maximum absolute atomic E-state index is 12.5. The third-order valence-electron chi connectivity index (χ3n) is 4.12. The van der Waals surface area contributed by atoms with Crippen LogP contribution in [0.15, 0.2) is 33.7 Å². The first kappa shape index (κ1) is 22.5. The van der Waals surface area contributed by atoms with Gasteiger partial charge >= 0.3 is 5.97 Å². The average Bonchev–Trinajstić information content (AvgIpc) is 3.02. The molecule has 156 valence electrons. The summed E-state index contributed by atoms with van der Waals surface area (Å²) in [7, 11) is 0. The lowest BCUT2D eigenvalue weighted by Crippen LogP contribution is -2.46. The molecular weight excluding hydrogens is 394 g/mol. The van der Waals surface area contributed by atoms with Crippen LogP contribution in [-0.4, -0.2) is 42.1 Å². The third kappa shape index (κ3) is 6.35. The van der Waals surface area contributed by atoms with Crippen LogP contribution in [0.5, 0.6) is 0 Å². The summed E-state index contributed by atoms with van der Waals surface area (Å²) in [5, 5.41) is 9.03. The van der Waals surface area contributed by atoms with Crippen molar-refractivity contribution in [2.24, 2.45) is 0 Å². The maximum atomic E-state index is 12.5. The minimum absolute atomic E-state index is 0.298. The fourth-order valence-corrected chi connectivity index (χ4v) is 3.70. The van der Waals surface area contributed by atoms with Crippen molar-refractivity contribution in [2.45, 2.75) is 44.4 Å². The number of hydrogen-bond acceptors (Lipinski definition) is 7. The lowest BCUT2D eigenvalue weighted by atomic mass is 10.2. The molecular formula is C20H25N3O5S. The number of thioether (sulfide) groups is 1. The maximum Gasteiger partial charge on any atom is 0.339 e. The first-order chi connectivity index (χ1) is 13.8. The number of nitrogens with one attached hydrogen (secondary N) is 2. The second kappa shape index (κ2) is 10.7. The van der Waals surface area contributed by atoms with Gasteiger partial charge in [-0.25, -0.2) is 4.79 Å². The van der Waals surface area contributed by atoms with Crippen LogP contribution in [0.4, 0.5) is 0 Å². The predicted octanol–water partition coefficient (Wildman–Crippen LogP) is 2.38. The number of esters is 1. The fourth-order valence-electron chi connectivity index (χ4n) is 2.50. The first-order valence-electron chi connectivity index (χ1n) is 9.21. The summed E-state index contributed by atoms with van der Waals surface area (Å²) in [4.78, 5) is 36.8. The van der Waals surface area contributed by atoms with Gasteiger partial charge in [0.2, 0.25) is 5.91 Å². The first-order valence-corrected chi connectivity index (χ1v) is 10.2. The summed E-state index contributed by atoms with van der Waals surface area (Å²) in [5.41, 5.74) is 2.17. The van der Waals surface area contributed by atoms with E-state index < -0.39 is 24.5 Å². The number of nitrogens with zero attached hydrogens (tertiary/aromatic N) is 1. The molecule has 2 rings (SSSR count). The van der Waals surface area contributed by atoms with Crippen LogP contribution in [-0.2, 0) is 20.1 Å². The number of carbonyl (C=O) groups is 3. The molecule has 9 heteroatoms. The van der Waals surface area contributed by atoms with Crippen molar-refractivity contribution in [3.05, 3.63) is 46.8 Å². The zero-order valence-corrected chi connectivity index (χ0v) is 17.7. The molecule has 0 bridgehead atoms. The van der Waals surface area contributed by atoms with E-state index in [1.54, 1.807) is 26.0 Å². The molecule has 2 amide bonds. The van der Waals surface area contributed by atoms with Crippen LogP contribution in [0.1, 0.15) is 41.2 Å². The molecule has 0 aliphatic rings. The molecule has 1 aromatic heterocycles. The van der Waals surface area contributed by atoms with Crippen molar-refractivity contribution in [2.75, 3.05) is 13.2 Å². The number of benzene rings is 1. The largest absolute Gasteiger partial charge is 0.452 e. The molecule has 0 saturated heterocycles. The standard InChI is InChI=1S/C20H25N3O5S/c1-5-21-19(25)13(3)22-18(24)10-27-20(26)15-8-6-7-9-17(15)29-11-16-12(2)23-28-14(16)4/h6-9,13H,5,10-11H2,1-4H3,(H,21,25)(H,22,24)/t13-/m0/s1. The van der Waals surface area contributed by atoms with E-state index in [1.807, 2.05) is 26.0 Å². The summed E-state index contributed by atoms with van der Waals surface area (Å²) < 4.78 is 10.3. The molecule has 0 radical (unpaired) electrons. The summed E-state index contributed by atoms with van der Waals surface area (Å²) >= 11 is 1.46. The van der Waals surface area contributed by atoms with Crippen LogP contribution in [0.25, 0.3) is 0 Å². The van der Waals surface area contributed by atoms with Gasteiger partial charge in [-0.05, 0) is 39.8 Å².